The van der Waals surface area contributed by atoms with Crippen LogP contribution in [0.4, 0.5) is 0 Å². The van der Waals surface area contributed by atoms with Crippen molar-refractivity contribution in [2.24, 2.45) is 0 Å². The predicted octanol–water partition coefficient (Wildman–Crippen LogP) is -3.21. The molecule has 7 heteroatoms. The average Bonchev–Trinajstić information content (AvgIpc) is 0.722. The second-order valence-electron chi connectivity index (χ2n) is 0.447. The first-order valence-electron chi connectivity index (χ1n) is 0.730. The van der Waals surface area contributed by atoms with E-state index >= 15 is 0 Å². The quantitative estimate of drug-likeness (QED) is 0.344. The van der Waals surface area contributed by atoms with Crippen molar-refractivity contribution in [1.82, 2.24) is 0 Å². The molecule has 0 fully saturated rings. The second kappa shape index (κ2) is 6.86. The molecular formula is CaCeO4P+2. The summed E-state index contributed by atoms with van der Waals surface area (Å²) < 4.78 is 8.55. The minimum absolute atomic E-state index is 0. The minimum atomic E-state index is -5.39. The Morgan fingerprint density at radius 3 is 1.14 bits per heavy atom. The van der Waals surface area contributed by atoms with Crippen molar-refractivity contribution in [3.8, 4) is 0 Å². The molecule has 4 nitrogen and oxygen atoms in total. The third-order valence-corrected chi connectivity index (χ3v) is 0. The van der Waals surface area contributed by atoms with E-state index in [1.54, 1.807) is 0 Å². The molecule has 33 valence electrons. The van der Waals surface area contributed by atoms with Crippen molar-refractivity contribution >= 4 is 45.6 Å². The van der Waals surface area contributed by atoms with Crippen molar-refractivity contribution < 1.29 is 61.0 Å². The van der Waals surface area contributed by atoms with Crippen LogP contribution in [0.1, 0.15) is 0 Å². The van der Waals surface area contributed by atoms with Gasteiger partial charge < -0.3 is 19.2 Å². The molecule has 0 aliphatic heterocycles. The first-order valence-corrected chi connectivity index (χ1v) is 2.19. The summed E-state index contributed by atoms with van der Waals surface area (Å²) in [4.78, 5) is 25.6. The van der Waals surface area contributed by atoms with Gasteiger partial charge in [-0.25, -0.2) is 0 Å². The largest absolute Gasteiger partial charge is 3.00 e. The number of phosphoric acid groups is 1. The standard InChI is InChI=1S/Ca.Ce.H3O4P/c;;1-5(2,3)4/h;;(H3,1,2,3,4)/q+2;+3;/p-3. The summed E-state index contributed by atoms with van der Waals surface area (Å²) in [7, 11) is -5.39. The van der Waals surface area contributed by atoms with E-state index in [-0.39, 0.29) is 79.5 Å². The van der Waals surface area contributed by atoms with Gasteiger partial charge in [-0.15, -0.1) is 0 Å². The maximum absolute atomic E-state index is 8.55. The fraction of sp³-hybridized carbons (Fsp3) is 0. The molecule has 0 aromatic heterocycles. The van der Waals surface area contributed by atoms with E-state index < -0.39 is 7.82 Å². The summed E-state index contributed by atoms with van der Waals surface area (Å²) >= 11 is 0. The summed E-state index contributed by atoms with van der Waals surface area (Å²) in [6.45, 7) is 0. The molecule has 0 saturated carbocycles. The van der Waals surface area contributed by atoms with E-state index in [1.165, 1.54) is 0 Å². The summed E-state index contributed by atoms with van der Waals surface area (Å²) in [5.41, 5.74) is 0. The maximum atomic E-state index is 8.55. The van der Waals surface area contributed by atoms with E-state index in [0.29, 0.717) is 0 Å². The van der Waals surface area contributed by atoms with Crippen LogP contribution < -0.4 is 14.7 Å². The zero-order valence-corrected chi connectivity index (χ0v) is 9.53. The van der Waals surface area contributed by atoms with Crippen molar-refractivity contribution in [1.29, 1.82) is 0 Å². The van der Waals surface area contributed by atoms with Crippen molar-refractivity contribution in [3.63, 3.8) is 0 Å². The van der Waals surface area contributed by atoms with Gasteiger partial charge in [0.15, 0.2) is 0 Å². The van der Waals surface area contributed by atoms with Crippen molar-refractivity contribution in [2.45, 2.75) is 0 Å². The molecule has 0 N–H and O–H groups in total. The smallest absolute Gasteiger partial charge is 0.822 e. The van der Waals surface area contributed by atoms with Crippen LogP contribution in [0.5, 0.6) is 0 Å². The Morgan fingerprint density at radius 2 is 1.14 bits per heavy atom. The molecule has 0 unspecified atom stereocenters. The number of hydrogen-bond donors (Lipinski definition) is 0. The Labute approximate surface area is 104 Å². The topological polar surface area (TPSA) is 86.2 Å². The van der Waals surface area contributed by atoms with Gasteiger partial charge in [0.25, 0.3) is 0 Å². The molecular weight excluding hydrogens is 275 g/mol. The second-order valence-corrected chi connectivity index (χ2v) is 1.34. The fourth-order valence-corrected chi connectivity index (χ4v) is 0. The molecule has 0 heterocycles. The number of rotatable bonds is 0. The van der Waals surface area contributed by atoms with Gasteiger partial charge in [-0.3, -0.25) is 0 Å². The van der Waals surface area contributed by atoms with Gasteiger partial charge in [0.05, 0.1) is 0 Å². The Balaban J connectivity index is -0.0000000800. The summed E-state index contributed by atoms with van der Waals surface area (Å²) in [6.07, 6.45) is 0. The molecule has 0 amide bonds. The Morgan fingerprint density at radius 1 is 1.14 bits per heavy atom. The predicted molar refractivity (Wildman–Crippen MR) is 13.4 cm³/mol. The van der Waals surface area contributed by atoms with Gasteiger partial charge in [0.2, 0.25) is 0 Å². The van der Waals surface area contributed by atoms with Crippen molar-refractivity contribution in [3.05, 3.63) is 0 Å². The van der Waals surface area contributed by atoms with Crippen LogP contribution >= 0.6 is 7.82 Å². The van der Waals surface area contributed by atoms with E-state index in [2.05, 4.69) is 0 Å². The summed E-state index contributed by atoms with van der Waals surface area (Å²) in [6, 6.07) is 0. The molecule has 0 spiro atoms. The molecule has 0 aliphatic rings. The molecule has 0 aliphatic carbocycles. The van der Waals surface area contributed by atoms with Gasteiger partial charge in [-0.05, 0) is 0 Å². The fourth-order valence-electron chi connectivity index (χ4n) is 0. The monoisotopic (exact) mass is 275 g/mol. The maximum Gasteiger partial charge on any atom is 3.00 e. The zero-order chi connectivity index (χ0) is 4.50. The third-order valence-electron chi connectivity index (χ3n) is 0. The van der Waals surface area contributed by atoms with Gasteiger partial charge in [0.1, 0.15) is 0 Å². The van der Waals surface area contributed by atoms with Crippen LogP contribution in [0.25, 0.3) is 0 Å². The first-order chi connectivity index (χ1) is 2.00. The van der Waals surface area contributed by atoms with Gasteiger partial charge >= 0.3 is 79.5 Å². The Bertz CT molecular complexity index is 57.8. The summed E-state index contributed by atoms with van der Waals surface area (Å²) in [5, 5.41) is 0. The molecule has 0 saturated heterocycles. The minimum Gasteiger partial charge on any atom is -0.822 e. The normalized spacial score (nSPS) is 8.43. The SMILES string of the molecule is O=P([O-])([O-])[O-].[Ca+2].[Ce+3]. The van der Waals surface area contributed by atoms with Crippen LogP contribution in [0.2, 0.25) is 0 Å². The molecule has 0 rings (SSSR count). The van der Waals surface area contributed by atoms with Gasteiger partial charge in [-0.2, -0.15) is 7.82 Å². The molecule has 0 aromatic rings. The van der Waals surface area contributed by atoms with E-state index in [1.807, 2.05) is 0 Å². The van der Waals surface area contributed by atoms with E-state index in [0.717, 1.165) is 0 Å². The summed E-state index contributed by atoms with van der Waals surface area (Å²) in [5.74, 6) is 0. The number of hydrogen-bond acceptors (Lipinski definition) is 4. The Hall–Kier alpha value is 2.75. The van der Waals surface area contributed by atoms with Crippen LogP contribution in [-0.2, 0) is 4.57 Å². The zero-order valence-electron chi connectivity index (χ0n) is 3.29. The first kappa shape index (κ1) is 16.4. The van der Waals surface area contributed by atoms with Gasteiger partial charge in [0, 0.05) is 0 Å². The van der Waals surface area contributed by atoms with Crippen LogP contribution in [0.3, 0.4) is 0 Å². The van der Waals surface area contributed by atoms with Crippen LogP contribution in [0.15, 0.2) is 0 Å². The third kappa shape index (κ3) is 52.8. The Kier molecular flexibility index (Phi) is 16.1. The van der Waals surface area contributed by atoms with Crippen LogP contribution in [-0.4, -0.2) is 37.7 Å². The molecule has 0 bridgehead atoms. The molecule has 1 radical (unpaired) electrons. The van der Waals surface area contributed by atoms with E-state index in [4.69, 9.17) is 19.2 Å². The average molecular weight is 275 g/mol. The molecule has 0 atom stereocenters. The van der Waals surface area contributed by atoms with E-state index in [9.17, 15) is 0 Å². The molecule has 7 heavy (non-hydrogen) atoms. The van der Waals surface area contributed by atoms with Crippen molar-refractivity contribution in [2.75, 3.05) is 0 Å². The molecule has 0 aromatic carbocycles. The van der Waals surface area contributed by atoms with Crippen LogP contribution in [0, 0.1) is 41.7 Å². The van der Waals surface area contributed by atoms with Gasteiger partial charge in [-0.1, -0.05) is 0 Å².